The molecule has 0 heterocycles. The number of hydrogen-bond acceptors (Lipinski definition) is 0. The van der Waals surface area contributed by atoms with E-state index in [9.17, 15) is 0 Å². The Hall–Kier alpha value is -0.170. The summed E-state index contributed by atoms with van der Waals surface area (Å²) in [7, 11) is 0. The first-order valence-corrected chi connectivity index (χ1v) is 6.28. The molecular weight excluding hydrogens is 263 g/mol. The van der Waals surface area contributed by atoms with Crippen LogP contribution in [0.15, 0.2) is 30.4 Å². The minimum atomic E-state index is -0.233. The van der Waals surface area contributed by atoms with Gasteiger partial charge < -0.3 is 0 Å². The Morgan fingerprint density at radius 3 is 2.38 bits per heavy atom. The van der Waals surface area contributed by atoms with E-state index < -0.39 is 0 Å². The molecule has 1 aliphatic carbocycles. The van der Waals surface area contributed by atoms with E-state index in [1.165, 1.54) is 0 Å². The van der Waals surface area contributed by atoms with Crippen LogP contribution in [0.25, 0.3) is 0 Å². The minimum absolute atomic E-state index is 0.233. The summed E-state index contributed by atoms with van der Waals surface area (Å²) in [5.41, 5.74) is 2.26. The lowest BCUT2D eigenvalue weighted by atomic mass is 10.1. The first-order valence-electron chi connectivity index (χ1n) is 5.15. The second kappa shape index (κ2) is 3.94. The quantitative estimate of drug-likeness (QED) is 0.509. The average Bonchev–Trinajstić information content (AvgIpc) is 2.74. The van der Waals surface area contributed by atoms with Crippen molar-refractivity contribution in [2.75, 3.05) is 0 Å². The van der Waals surface area contributed by atoms with E-state index in [4.69, 9.17) is 34.8 Å². The highest BCUT2D eigenvalue weighted by atomic mass is 35.5. The molecule has 3 heteroatoms. The summed E-state index contributed by atoms with van der Waals surface area (Å²) in [5, 5.41) is 1.16. The molecule has 1 saturated carbocycles. The fourth-order valence-electron chi connectivity index (χ4n) is 2.47. The van der Waals surface area contributed by atoms with Crippen molar-refractivity contribution in [2.45, 2.75) is 24.6 Å². The summed E-state index contributed by atoms with van der Waals surface area (Å²) in [6.07, 6.45) is 0. The Morgan fingerprint density at radius 1 is 1.31 bits per heavy atom. The second-order valence-corrected chi connectivity index (χ2v) is 6.26. The Balaban J connectivity index is 2.33. The molecule has 0 amide bonds. The highest BCUT2D eigenvalue weighted by Gasteiger charge is 2.61. The van der Waals surface area contributed by atoms with Crippen molar-refractivity contribution in [1.29, 1.82) is 0 Å². The maximum Gasteiger partial charge on any atom is 0.0595 e. The van der Waals surface area contributed by atoms with Gasteiger partial charge in [0.05, 0.1) is 14.9 Å². The van der Waals surface area contributed by atoms with Crippen LogP contribution in [0.5, 0.6) is 0 Å². The zero-order chi connectivity index (χ0) is 12.1. The maximum absolute atomic E-state index is 6.46. The van der Waals surface area contributed by atoms with Crippen LogP contribution in [0.3, 0.4) is 0 Å². The summed E-state index contributed by atoms with van der Waals surface area (Å²) in [6.45, 7) is 8.04. The Bertz CT molecular complexity index is 448. The van der Waals surface area contributed by atoms with Crippen molar-refractivity contribution < 1.29 is 0 Å². The fourth-order valence-corrected chi connectivity index (χ4v) is 3.28. The van der Waals surface area contributed by atoms with E-state index in [-0.39, 0.29) is 4.87 Å². The van der Waals surface area contributed by atoms with E-state index in [0.717, 1.165) is 11.1 Å². The van der Waals surface area contributed by atoms with Gasteiger partial charge in [-0.1, -0.05) is 41.4 Å². The van der Waals surface area contributed by atoms with Crippen LogP contribution < -0.4 is 0 Å². The van der Waals surface area contributed by atoms with Crippen molar-refractivity contribution in [1.82, 2.24) is 0 Å². The van der Waals surface area contributed by atoms with E-state index in [1.54, 1.807) is 0 Å². The van der Waals surface area contributed by atoms with E-state index in [0.29, 0.717) is 21.9 Å². The monoisotopic (exact) mass is 274 g/mol. The van der Waals surface area contributed by atoms with Gasteiger partial charge in [0.2, 0.25) is 0 Å². The molecular formula is C13H13Cl3. The molecule has 1 fully saturated rings. The minimum Gasteiger partial charge on any atom is -0.118 e. The van der Waals surface area contributed by atoms with Crippen LogP contribution in [0.1, 0.15) is 25.3 Å². The third-order valence-electron chi connectivity index (χ3n) is 3.27. The number of rotatable bonds is 2. The van der Waals surface area contributed by atoms with Crippen LogP contribution in [-0.4, -0.2) is 4.87 Å². The molecule has 3 unspecified atom stereocenters. The molecule has 0 aromatic heterocycles. The normalized spacial score (nSPS) is 32.6. The van der Waals surface area contributed by atoms with Gasteiger partial charge in [-0.15, -0.1) is 11.6 Å². The molecule has 0 aliphatic heterocycles. The van der Waals surface area contributed by atoms with Gasteiger partial charge in [-0.05, 0) is 31.5 Å². The summed E-state index contributed by atoms with van der Waals surface area (Å²) < 4.78 is 0. The van der Waals surface area contributed by atoms with Gasteiger partial charge in [0, 0.05) is 11.8 Å². The molecule has 0 spiro atoms. The van der Waals surface area contributed by atoms with Crippen LogP contribution >= 0.6 is 34.8 Å². The lowest BCUT2D eigenvalue weighted by molar-refractivity contribution is 0.894. The molecule has 1 aromatic rings. The molecule has 1 aliphatic rings. The zero-order valence-electron chi connectivity index (χ0n) is 9.23. The first kappa shape index (κ1) is 12.3. The van der Waals surface area contributed by atoms with Gasteiger partial charge in [-0.25, -0.2) is 0 Å². The largest absolute Gasteiger partial charge is 0.118 e. The van der Waals surface area contributed by atoms with E-state index >= 15 is 0 Å². The van der Waals surface area contributed by atoms with Gasteiger partial charge in [-0.2, -0.15) is 0 Å². The third kappa shape index (κ3) is 1.88. The molecule has 1 aromatic carbocycles. The maximum atomic E-state index is 6.46. The summed E-state index contributed by atoms with van der Waals surface area (Å²) in [5.74, 6) is 0.618. The average molecular weight is 276 g/mol. The summed E-state index contributed by atoms with van der Waals surface area (Å²) in [4.78, 5) is -0.233. The first-order chi connectivity index (χ1) is 7.35. The summed E-state index contributed by atoms with van der Waals surface area (Å²) >= 11 is 18.4. The Kier molecular flexibility index (Phi) is 3.03. The molecule has 0 nitrogen and oxygen atoms in total. The van der Waals surface area contributed by atoms with Crippen molar-refractivity contribution in [3.63, 3.8) is 0 Å². The topological polar surface area (TPSA) is 0 Å². The molecule has 0 N–H and O–H groups in total. The fraction of sp³-hybridized carbons (Fsp3) is 0.385. The van der Waals surface area contributed by atoms with Gasteiger partial charge in [-0.3, -0.25) is 0 Å². The van der Waals surface area contributed by atoms with Gasteiger partial charge in [0.25, 0.3) is 0 Å². The number of allylic oxidation sites excluding steroid dienone is 1. The Morgan fingerprint density at radius 2 is 1.94 bits per heavy atom. The number of halogens is 3. The van der Waals surface area contributed by atoms with Crippen molar-refractivity contribution >= 4 is 34.8 Å². The van der Waals surface area contributed by atoms with Gasteiger partial charge in [0.15, 0.2) is 0 Å². The number of hydrogen-bond donors (Lipinski definition) is 0. The summed E-state index contributed by atoms with van der Waals surface area (Å²) in [6, 6.07) is 5.71. The highest BCUT2D eigenvalue weighted by molar-refractivity contribution is 6.42. The molecule has 16 heavy (non-hydrogen) atoms. The molecule has 3 atom stereocenters. The molecule has 0 bridgehead atoms. The van der Waals surface area contributed by atoms with Gasteiger partial charge >= 0.3 is 0 Å². The zero-order valence-corrected chi connectivity index (χ0v) is 11.5. The lowest BCUT2D eigenvalue weighted by Gasteiger charge is -2.03. The Labute approximate surface area is 111 Å². The van der Waals surface area contributed by atoms with E-state index in [1.807, 2.05) is 32.0 Å². The number of alkyl halides is 1. The highest BCUT2D eigenvalue weighted by Crippen LogP contribution is 2.64. The van der Waals surface area contributed by atoms with Gasteiger partial charge in [0.1, 0.15) is 0 Å². The smallest absolute Gasteiger partial charge is 0.0595 e. The number of benzene rings is 1. The predicted octanol–water partition coefficient (Wildman–Crippen LogP) is 5.28. The molecule has 2 rings (SSSR count). The van der Waals surface area contributed by atoms with Crippen molar-refractivity contribution in [3.8, 4) is 0 Å². The van der Waals surface area contributed by atoms with Crippen molar-refractivity contribution in [2.24, 2.45) is 5.92 Å². The van der Waals surface area contributed by atoms with Crippen molar-refractivity contribution in [3.05, 3.63) is 46.0 Å². The predicted molar refractivity (Wildman–Crippen MR) is 71.8 cm³/mol. The SMILES string of the molecule is C=C(C)C1C(c2ccc(Cl)c(Cl)c2)C1(C)Cl. The molecule has 0 radical (unpaired) electrons. The van der Waals surface area contributed by atoms with Crippen LogP contribution in [-0.2, 0) is 0 Å². The second-order valence-electron chi connectivity index (χ2n) is 4.63. The lowest BCUT2D eigenvalue weighted by Crippen LogP contribution is -1.95. The molecule has 0 saturated heterocycles. The van der Waals surface area contributed by atoms with Crippen LogP contribution in [0.2, 0.25) is 10.0 Å². The standard InChI is InChI=1S/C13H13Cl3/c1-7(2)11-12(13(11,3)16)8-4-5-9(14)10(15)6-8/h4-6,11-12H,1H2,2-3H3. The van der Waals surface area contributed by atoms with Crippen LogP contribution in [0, 0.1) is 5.92 Å². The third-order valence-corrected chi connectivity index (χ3v) is 4.48. The molecule has 86 valence electrons. The van der Waals surface area contributed by atoms with E-state index in [2.05, 4.69) is 6.58 Å². The van der Waals surface area contributed by atoms with Crippen LogP contribution in [0.4, 0.5) is 0 Å².